The van der Waals surface area contributed by atoms with Crippen LogP contribution in [0.5, 0.6) is 0 Å². The summed E-state index contributed by atoms with van der Waals surface area (Å²) in [5.74, 6) is 1.04. The second kappa shape index (κ2) is 5.61. The highest BCUT2D eigenvalue weighted by atomic mass is 79.9. The molecule has 0 radical (unpaired) electrons. The van der Waals surface area contributed by atoms with E-state index in [1.165, 1.54) is 0 Å². The SMILES string of the molecule is Cc1cc(Br)ccc1-c1noc(-c2ccc(N)c(Br)c2)n1. The molecule has 6 heteroatoms. The summed E-state index contributed by atoms with van der Waals surface area (Å²) in [6.07, 6.45) is 0. The molecule has 0 saturated heterocycles. The summed E-state index contributed by atoms with van der Waals surface area (Å²) < 4.78 is 7.18. The molecule has 4 nitrogen and oxygen atoms in total. The fourth-order valence-corrected chi connectivity index (χ4v) is 2.84. The van der Waals surface area contributed by atoms with Crippen LogP contribution < -0.4 is 5.73 Å². The highest BCUT2D eigenvalue weighted by molar-refractivity contribution is 9.10. The van der Waals surface area contributed by atoms with Crippen molar-refractivity contribution in [2.24, 2.45) is 0 Å². The first-order valence-corrected chi connectivity index (χ1v) is 7.79. The Bertz CT molecular complexity index is 814. The predicted octanol–water partition coefficient (Wildman–Crippen LogP) is 4.82. The molecule has 2 N–H and O–H groups in total. The lowest BCUT2D eigenvalue weighted by molar-refractivity contribution is 0.432. The Balaban J connectivity index is 2.01. The van der Waals surface area contributed by atoms with Crippen molar-refractivity contribution in [1.29, 1.82) is 0 Å². The van der Waals surface area contributed by atoms with Crippen molar-refractivity contribution < 1.29 is 4.52 Å². The Hall–Kier alpha value is -1.66. The Kier molecular flexibility index (Phi) is 3.82. The van der Waals surface area contributed by atoms with E-state index in [1.54, 1.807) is 6.07 Å². The molecule has 1 aromatic heterocycles. The lowest BCUT2D eigenvalue weighted by Gasteiger charge is -2.01. The Labute approximate surface area is 138 Å². The number of anilines is 1. The van der Waals surface area contributed by atoms with Gasteiger partial charge in [-0.05, 0) is 64.8 Å². The van der Waals surface area contributed by atoms with E-state index in [9.17, 15) is 0 Å². The Morgan fingerprint density at radius 2 is 1.90 bits per heavy atom. The third-order valence-corrected chi connectivity index (χ3v) is 4.28. The largest absolute Gasteiger partial charge is 0.398 e. The number of hydrogen-bond acceptors (Lipinski definition) is 4. The maximum Gasteiger partial charge on any atom is 0.258 e. The van der Waals surface area contributed by atoms with Crippen LogP contribution in [0.3, 0.4) is 0 Å². The van der Waals surface area contributed by atoms with Crippen LogP contribution in [-0.2, 0) is 0 Å². The fraction of sp³-hybridized carbons (Fsp3) is 0.0667. The first kappa shape index (κ1) is 14.3. The van der Waals surface area contributed by atoms with Gasteiger partial charge in [-0.25, -0.2) is 0 Å². The van der Waals surface area contributed by atoms with Gasteiger partial charge in [0.1, 0.15) is 0 Å². The van der Waals surface area contributed by atoms with Crippen LogP contribution in [0.4, 0.5) is 5.69 Å². The van der Waals surface area contributed by atoms with Crippen molar-refractivity contribution in [3.8, 4) is 22.8 Å². The molecule has 0 aliphatic carbocycles. The van der Waals surface area contributed by atoms with Crippen molar-refractivity contribution in [3.63, 3.8) is 0 Å². The second-order valence-electron chi connectivity index (χ2n) is 4.62. The monoisotopic (exact) mass is 407 g/mol. The number of nitrogens with two attached hydrogens (primary N) is 1. The van der Waals surface area contributed by atoms with Gasteiger partial charge in [0.25, 0.3) is 5.89 Å². The maximum absolute atomic E-state index is 5.78. The average Bonchev–Trinajstić information content (AvgIpc) is 2.91. The summed E-state index contributed by atoms with van der Waals surface area (Å²) >= 11 is 6.84. The molecular formula is C15H11Br2N3O. The van der Waals surface area contributed by atoms with E-state index >= 15 is 0 Å². The molecule has 106 valence electrons. The van der Waals surface area contributed by atoms with Crippen molar-refractivity contribution >= 4 is 37.5 Å². The normalized spacial score (nSPS) is 10.8. The minimum Gasteiger partial charge on any atom is -0.398 e. The van der Waals surface area contributed by atoms with Crippen LogP contribution in [-0.4, -0.2) is 10.1 Å². The van der Waals surface area contributed by atoms with Gasteiger partial charge in [0.05, 0.1) is 0 Å². The number of nitrogens with zero attached hydrogens (tertiary/aromatic N) is 2. The van der Waals surface area contributed by atoms with E-state index in [0.717, 1.165) is 25.6 Å². The molecule has 0 atom stereocenters. The number of aryl methyl sites for hydroxylation is 1. The fourth-order valence-electron chi connectivity index (χ4n) is 1.99. The van der Waals surface area contributed by atoms with E-state index < -0.39 is 0 Å². The smallest absolute Gasteiger partial charge is 0.258 e. The molecule has 1 heterocycles. The van der Waals surface area contributed by atoms with Gasteiger partial charge < -0.3 is 10.3 Å². The van der Waals surface area contributed by atoms with Crippen molar-refractivity contribution in [3.05, 3.63) is 50.9 Å². The molecule has 0 amide bonds. The van der Waals surface area contributed by atoms with Crippen molar-refractivity contribution in [2.75, 3.05) is 5.73 Å². The predicted molar refractivity (Wildman–Crippen MR) is 89.7 cm³/mol. The highest BCUT2D eigenvalue weighted by Gasteiger charge is 2.13. The van der Waals surface area contributed by atoms with Crippen LogP contribution in [0.25, 0.3) is 22.8 Å². The molecular weight excluding hydrogens is 398 g/mol. The van der Waals surface area contributed by atoms with E-state index in [0.29, 0.717) is 17.4 Å². The molecule has 0 aliphatic heterocycles. The molecule has 3 rings (SSSR count). The molecule has 0 saturated carbocycles. The summed E-state index contributed by atoms with van der Waals surface area (Å²) in [4.78, 5) is 4.46. The van der Waals surface area contributed by atoms with Gasteiger partial charge in [0.15, 0.2) is 0 Å². The minimum absolute atomic E-state index is 0.466. The van der Waals surface area contributed by atoms with Crippen LogP contribution >= 0.6 is 31.9 Å². The topological polar surface area (TPSA) is 64.9 Å². The first-order valence-electron chi connectivity index (χ1n) is 6.20. The zero-order valence-electron chi connectivity index (χ0n) is 11.1. The number of hydrogen-bond donors (Lipinski definition) is 1. The van der Waals surface area contributed by atoms with Gasteiger partial charge in [-0.3, -0.25) is 0 Å². The van der Waals surface area contributed by atoms with E-state index in [1.807, 2.05) is 37.3 Å². The summed E-state index contributed by atoms with van der Waals surface area (Å²) in [5, 5.41) is 4.06. The van der Waals surface area contributed by atoms with E-state index in [2.05, 4.69) is 42.0 Å². The summed E-state index contributed by atoms with van der Waals surface area (Å²) in [6, 6.07) is 11.5. The zero-order valence-corrected chi connectivity index (χ0v) is 14.3. The third-order valence-electron chi connectivity index (χ3n) is 3.10. The van der Waals surface area contributed by atoms with Gasteiger partial charge in [-0.15, -0.1) is 0 Å². The number of aromatic nitrogens is 2. The molecule has 0 unspecified atom stereocenters. The van der Waals surface area contributed by atoms with E-state index in [4.69, 9.17) is 10.3 Å². The molecule has 21 heavy (non-hydrogen) atoms. The van der Waals surface area contributed by atoms with Gasteiger partial charge in [-0.1, -0.05) is 21.1 Å². The number of benzene rings is 2. The van der Waals surface area contributed by atoms with Crippen LogP contribution in [0.2, 0.25) is 0 Å². The van der Waals surface area contributed by atoms with Gasteiger partial charge in [0, 0.05) is 25.8 Å². The van der Waals surface area contributed by atoms with Crippen LogP contribution in [0.1, 0.15) is 5.56 Å². The zero-order chi connectivity index (χ0) is 15.0. The van der Waals surface area contributed by atoms with Crippen molar-refractivity contribution in [1.82, 2.24) is 10.1 Å². The molecule has 2 aromatic carbocycles. The summed E-state index contributed by atoms with van der Waals surface area (Å²) in [7, 11) is 0. The number of rotatable bonds is 2. The molecule has 0 aliphatic rings. The Morgan fingerprint density at radius 3 is 2.62 bits per heavy atom. The maximum atomic E-state index is 5.78. The van der Waals surface area contributed by atoms with Gasteiger partial charge in [0.2, 0.25) is 5.82 Å². The second-order valence-corrected chi connectivity index (χ2v) is 6.39. The van der Waals surface area contributed by atoms with Crippen LogP contribution in [0.15, 0.2) is 49.9 Å². The molecule has 0 bridgehead atoms. The quantitative estimate of drug-likeness (QED) is 0.617. The minimum atomic E-state index is 0.466. The summed E-state index contributed by atoms with van der Waals surface area (Å²) in [5.41, 5.74) is 9.30. The van der Waals surface area contributed by atoms with E-state index in [-0.39, 0.29) is 0 Å². The Morgan fingerprint density at radius 1 is 1.10 bits per heavy atom. The highest BCUT2D eigenvalue weighted by Crippen LogP contribution is 2.29. The van der Waals surface area contributed by atoms with Gasteiger partial charge in [-0.2, -0.15) is 4.98 Å². The first-order chi connectivity index (χ1) is 10.0. The number of nitrogen functional groups attached to an aromatic ring is 1. The number of halogens is 2. The molecule has 0 spiro atoms. The van der Waals surface area contributed by atoms with Crippen LogP contribution in [0, 0.1) is 6.92 Å². The molecule has 3 aromatic rings. The lowest BCUT2D eigenvalue weighted by atomic mass is 10.1. The van der Waals surface area contributed by atoms with Gasteiger partial charge >= 0.3 is 0 Å². The standard InChI is InChI=1S/C15H11Br2N3O/c1-8-6-10(16)3-4-11(8)14-19-15(21-20-14)9-2-5-13(18)12(17)7-9/h2-7H,18H2,1H3. The average molecular weight is 409 g/mol. The van der Waals surface area contributed by atoms with Crippen molar-refractivity contribution in [2.45, 2.75) is 6.92 Å². The lowest BCUT2D eigenvalue weighted by Crippen LogP contribution is -1.88. The molecule has 0 fully saturated rings. The third kappa shape index (κ3) is 2.87. The summed E-state index contributed by atoms with van der Waals surface area (Å²) in [6.45, 7) is 2.01.